The van der Waals surface area contributed by atoms with Gasteiger partial charge >= 0.3 is 0 Å². The van der Waals surface area contributed by atoms with Crippen molar-refractivity contribution in [3.8, 4) is 0 Å². The van der Waals surface area contributed by atoms with Gasteiger partial charge in [-0.25, -0.2) is 4.39 Å². The van der Waals surface area contributed by atoms with Crippen LogP contribution in [0.15, 0.2) is 36.5 Å². The Bertz CT molecular complexity index is 620. The first kappa shape index (κ1) is 17.0. The highest BCUT2D eigenvalue weighted by Gasteiger charge is 2.50. The van der Waals surface area contributed by atoms with Gasteiger partial charge < -0.3 is 4.90 Å². The molecule has 6 heteroatoms. The summed E-state index contributed by atoms with van der Waals surface area (Å²) < 4.78 is 13.6. The van der Waals surface area contributed by atoms with E-state index < -0.39 is 28.2 Å². The van der Waals surface area contributed by atoms with E-state index in [1.54, 1.807) is 12.3 Å². The van der Waals surface area contributed by atoms with E-state index >= 15 is 0 Å². The molecular formula is C16H16Cl2FNO2. The summed E-state index contributed by atoms with van der Waals surface area (Å²) in [4.78, 5) is 27.2. The van der Waals surface area contributed by atoms with Crippen LogP contribution in [-0.2, 0) is 15.0 Å². The minimum absolute atomic E-state index is 0.111. The number of hydrogen-bond acceptors (Lipinski definition) is 3. The Morgan fingerprint density at radius 2 is 2.23 bits per heavy atom. The summed E-state index contributed by atoms with van der Waals surface area (Å²) >= 11 is 11.7. The zero-order valence-electron chi connectivity index (χ0n) is 12.1. The molecule has 1 aromatic rings. The molecule has 0 aromatic heterocycles. The Kier molecular flexibility index (Phi) is 5.24. The summed E-state index contributed by atoms with van der Waals surface area (Å²) in [7, 11) is 0. The van der Waals surface area contributed by atoms with Crippen LogP contribution in [-0.4, -0.2) is 40.8 Å². The molecule has 2 rings (SSSR count). The summed E-state index contributed by atoms with van der Waals surface area (Å²) in [6.07, 6.45) is 2.98. The molecule has 0 N–H and O–H groups in total. The Morgan fingerprint density at radius 1 is 1.50 bits per heavy atom. The second-order valence-corrected chi connectivity index (χ2v) is 5.98. The number of allylic oxidation sites excluding steroid dienone is 1. The van der Waals surface area contributed by atoms with Crippen molar-refractivity contribution >= 4 is 34.8 Å². The van der Waals surface area contributed by atoms with Crippen LogP contribution in [0.1, 0.15) is 12.5 Å². The maximum absolute atomic E-state index is 13.6. The lowest BCUT2D eigenvalue weighted by Crippen LogP contribution is -2.55. The molecule has 0 saturated heterocycles. The van der Waals surface area contributed by atoms with Crippen LogP contribution in [0.25, 0.3) is 0 Å². The van der Waals surface area contributed by atoms with Gasteiger partial charge in [-0.2, -0.15) is 0 Å². The van der Waals surface area contributed by atoms with E-state index in [4.69, 9.17) is 23.2 Å². The van der Waals surface area contributed by atoms with Gasteiger partial charge in [0.05, 0.1) is 0 Å². The number of halogens is 3. The number of nitrogens with zero attached hydrogens (tertiary/aromatic N) is 1. The molecule has 2 unspecified atom stereocenters. The number of likely N-dealkylation sites (N-methyl/N-ethyl adjacent to an activating group) is 1. The topological polar surface area (TPSA) is 37.4 Å². The molecular weight excluding hydrogens is 328 g/mol. The number of carbonyl (C=O) groups excluding carboxylic acids is 2. The lowest BCUT2D eigenvalue weighted by molar-refractivity contribution is -0.133. The van der Waals surface area contributed by atoms with Crippen molar-refractivity contribution in [1.29, 1.82) is 0 Å². The van der Waals surface area contributed by atoms with Crippen molar-refractivity contribution in [1.82, 2.24) is 4.90 Å². The Morgan fingerprint density at radius 3 is 2.82 bits per heavy atom. The fraction of sp³-hybridized carbons (Fsp3) is 0.375. The summed E-state index contributed by atoms with van der Waals surface area (Å²) in [5.41, 5.74) is -1.21. The summed E-state index contributed by atoms with van der Waals surface area (Å²) in [5, 5.41) is -1.01. The minimum Gasteiger partial charge on any atom is -0.376 e. The zero-order valence-corrected chi connectivity index (χ0v) is 13.6. The number of benzene rings is 1. The Labute approximate surface area is 138 Å². The van der Waals surface area contributed by atoms with Crippen LogP contribution in [0.5, 0.6) is 0 Å². The van der Waals surface area contributed by atoms with E-state index in [2.05, 4.69) is 0 Å². The van der Waals surface area contributed by atoms with E-state index in [1.165, 1.54) is 24.3 Å². The second-order valence-electron chi connectivity index (χ2n) is 5.14. The van der Waals surface area contributed by atoms with E-state index in [1.807, 2.05) is 11.8 Å². The van der Waals surface area contributed by atoms with Gasteiger partial charge in [0.25, 0.3) is 0 Å². The molecule has 118 valence electrons. The summed E-state index contributed by atoms with van der Waals surface area (Å²) in [6, 6.07) is 5.53. The number of alkyl halides is 2. The van der Waals surface area contributed by atoms with Crippen molar-refractivity contribution in [2.24, 2.45) is 0 Å². The number of rotatable bonds is 5. The van der Waals surface area contributed by atoms with Crippen LogP contribution in [0.3, 0.4) is 0 Å². The SMILES string of the molecule is CCN1C=CC(=O)C(C(=O)C(Cl)CCl)(c2cccc(F)c2)C1. The van der Waals surface area contributed by atoms with Crippen LogP contribution in [0.4, 0.5) is 4.39 Å². The lowest BCUT2D eigenvalue weighted by Gasteiger charge is -2.38. The van der Waals surface area contributed by atoms with Gasteiger partial charge in [-0.05, 0) is 30.7 Å². The monoisotopic (exact) mass is 343 g/mol. The van der Waals surface area contributed by atoms with E-state index in [0.29, 0.717) is 12.1 Å². The van der Waals surface area contributed by atoms with Gasteiger partial charge in [0.2, 0.25) is 0 Å². The van der Waals surface area contributed by atoms with Crippen molar-refractivity contribution < 1.29 is 14.0 Å². The molecule has 0 spiro atoms. The van der Waals surface area contributed by atoms with Gasteiger partial charge in [0.15, 0.2) is 11.6 Å². The number of ketones is 2. The van der Waals surface area contributed by atoms with Gasteiger partial charge in [-0.3, -0.25) is 9.59 Å². The van der Waals surface area contributed by atoms with Crippen LogP contribution in [0.2, 0.25) is 0 Å². The summed E-state index contributed by atoms with van der Waals surface area (Å²) in [6.45, 7) is 2.64. The average molecular weight is 344 g/mol. The molecule has 1 heterocycles. The van der Waals surface area contributed by atoms with Crippen molar-refractivity contribution in [3.63, 3.8) is 0 Å². The number of Topliss-reactive ketones (excluding diaryl/α,β-unsaturated/α-hetero) is 1. The first-order chi connectivity index (χ1) is 10.5. The van der Waals surface area contributed by atoms with Gasteiger partial charge in [0.1, 0.15) is 16.6 Å². The third-order valence-electron chi connectivity index (χ3n) is 3.86. The van der Waals surface area contributed by atoms with E-state index in [-0.39, 0.29) is 12.4 Å². The highest BCUT2D eigenvalue weighted by atomic mass is 35.5. The maximum Gasteiger partial charge on any atom is 0.176 e. The minimum atomic E-state index is -1.52. The molecule has 0 aliphatic carbocycles. The van der Waals surface area contributed by atoms with Crippen LogP contribution < -0.4 is 0 Å². The molecule has 1 aliphatic heterocycles. The zero-order chi connectivity index (χ0) is 16.3. The highest BCUT2D eigenvalue weighted by Crippen LogP contribution is 2.34. The smallest absolute Gasteiger partial charge is 0.176 e. The molecule has 3 nitrogen and oxygen atoms in total. The summed E-state index contributed by atoms with van der Waals surface area (Å²) in [5.74, 6) is -1.51. The quantitative estimate of drug-likeness (QED) is 0.609. The van der Waals surface area contributed by atoms with Gasteiger partial charge in [0, 0.05) is 25.2 Å². The van der Waals surface area contributed by atoms with Gasteiger partial charge in [-0.15, -0.1) is 23.2 Å². The third kappa shape index (κ3) is 2.90. The predicted octanol–water partition coefficient (Wildman–Crippen LogP) is 2.90. The Balaban J connectivity index is 2.61. The second kappa shape index (κ2) is 6.80. The molecule has 2 atom stereocenters. The fourth-order valence-electron chi connectivity index (χ4n) is 2.63. The lowest BCUT2D eigenvalue weighted by atomic mass is 9.70. The Hall–Kier alpha value is -1.39. The molecule has 0 amide bonds. The molecule has 0 fully saturated rings. The largest absolute Gasteiger partial charge is 0.376 e. The standard InChI is InChI=1S/C16H16Cl2FNO2/c1-2-20-7-6-14(21)16(10-20,15(22)13(18)9-17)11-4-3-5-12(19)8-11/h3-8,13H,2,9-10H2,1H3. The number of hydrogen-bond donors (Lipinski definition) is 0. The molecule has 22 heavy (non-hydrogen) atoms. The van der Waals surface area contributed by atoms with Crippen molar-refractivity contribution in [3.05, 3.63) is 47.9 Å². The van der Waals surface area contributed by atoms with Crippen molar-refractivity contribution in [2.45, 2.75) is 17.7 Å². The fourth-order valence-corrected chi connectivity index (χ4v) is 2.96. The number of carbonyl (C=O) groups is 2. The third-order valence-corrected chi connectivity index (χ3v) is 4.68. The highest BCUT2D eigenvalue weighted by molar-refractivity contribution is 6.40. The van der Waals surface area contributed by atoms with Crippen LogP contribution in [0, 0.1) is 5.82 Å². The van der Waals surface area contributed by atoms with Crippen LogP contribution >= 0.6 is 23.2 Å². The van der Waals surface area contributed by atoms with E-state index in [9.17, 15) is 14.0 Å². The first-order valence-electron chi connectivity index (χ1n) is 6.92. The maximum atomic E-state index is 13.6. The molecule has 0 radical (unpaired) electrons. The van der Waals surface area contributed by atoms with Gasteiger partial charge in [-0.1, -0.05) is 12.1 Å². The average Bonchev–Trinajstić information content (AvgIpc) is 2.54. The molecule has 0 bridgehead atoms. The predicted molar refractivity (Wildman–Crippen MR) is 84.8 cm³/mol. The molecule has 1 aliphatic rings. The normalized spacial score (nSPS) is 22.7. The van der Waals surface area contributed by atoms with E-state index in [0.717, 1.165) is 0 Å². The first-order valence-corrected chi connectivity index (χ1v) is 7.90. The molecule has 0 saturated carbocycles. The molecule has 1 aromatic carbocycles. The van der Waals surface area contributed by atoms with Crippen molar-refractivity contribution in [2.75, 3.05) is 19.0 Å².